The summed E-state index contributed by atoms with van der Waals surface area (Å²) in [6.07, 6.45) is 0. The minimum Gasteiger partial charge on any atom is -0.336 e. The van der Waals surface area contributed by atoms with Gasteiger partial charge in [-0.15, -0.1) is 0 Å². The number of ketones is 1. The molecule has 3 rings (SSSR count). The molecule has 130 valence electrons. The molecule has 0 atom stereocenters. The Labute approximate surface area is 146 Å². The molecule has 2 aromatic rings. The number of nitrogens with zero attached hydrogens (tertiary/aromatic N) is 2. The predicted molar refractivity (Wildman–Crippen MR) is 94.3 cm³/mol. The number of hydrogen-bond donors (Lipinski definition) is 0. The first-order valence-corrected chi connectivity index (χ1v) is 8.40. The van der Waals surface area contributed by atoms with E-state index in [-0.39, 0.29) is 17.3 Å². The molecule has 0 N–H and O–H groups in total. The van der Waals surface area contributed by atoms with Gasteiger partial charge in [0.2, 0.25) is 0 Å². The minimum absolute atomic E-state index is 0.0777. The molecule has 1 fully saturated rings. The number of aryl methyl sites for hydroxylation is 1. The van der Waals surface area contributed by atoms with E-state index in [9.17, 15) is 14.0 Å². The Hall–Kier alpha value is -2.53. The third kappa shape index (κ3) is 4.12. The molecule has 0 radical (unpaired) electrons. The van der Waals surface area contributed by atoms with Crippen molar-refractivity contribution in [2.75, 3.05) is 32.7 Å². The van der Waals surface area contributed by atoms with Crippen LogP contribution in [0.3, 0.4) is 0 Å². The maximum absolute atomic E-state index is 13.8. The highest BCUT2D eigenvalue weighted by atomic mass is 19.1. The van der Waals surface area contributed by atoms with Crippen LogP contribution in [0.5, 0.6) is 0 Å². The maximum Gasteiger partial charge on any atom is 0.256 e. The third-order valence-electron chi connectivity index (χ3n) is 4.50. The van der Waals surface area contributed by atoms with Gasteiger partial charge in [0, 0.05) is 31.7 Å². The van der Waals surface area contributed by atoms with Crippen molar-refractivity contribution in [2.45, 2.75) is 6.92 Å². The molecule has 1 heterocycles. The second-order valence-electron chi connectivity index (χ2n) is 6.34. The molecule has 0 spiro atoms. The average molecular weight is 340 g/mol. The summed E-state index contributed by atoms with van der Waals surface area (Å²) in [6.45, 7) is 4.53. The number of halogens is 1. The van der Waals surface area contributed by atoms with Gasteiger partial charge in [0.25, 0.3) is 5.91 Å². The maximum atomic E-state index is 13.8. The largest absolute Gasteiger partial charge is 0.336 e. The number of benzene rings is 2. The fraction of sp³-hybridized carbons (Fsp3) is 0.300. The molecule has 4 nitrogen and oxygen atoms in total. The molecule has 1 saturated heterocycles. The summed E-state index contributed by atoms with van der Waals surface area (Å²) in [7, 11) is 0. The highest BCUT2D eigenvalue weighted by Crippen LogP contribution is 2.13. The van der Waals surface area contributed by atoms with E-state index in [0.29, 0.717) is 38.3 Å². The lowest BCUT2D eigenvalue weighted by Crippen LogP contribution is -2.50. The SMILES string of the molecule is Cc1ccc(C(=O)CN2CCN(C(=O)c3ccccc3F)CC2)cc1. The number of amides is 1. The van der Waals surface area contributed by atoms with Gasteiger partial charge in [0.05, 0.1) is 12.1 Å². The number of Topliss-reactive ketones (excluding diaryl/α,β-unsaturated/α-hetero) is 1. The van der Waals surface area contributed by atoms with Crippen LogP contribution in [0, 0.1) is 12.7 Å². The van der Waals surface area contributed by atoms with Crippen LogP contribution < -0.4 is 0 Å². The number of hydrogen-bond acceptors (Lipinski definition) is 3. The Morgan fingerprint density at radius 3 is 2.24 bits per heavy atom. The molecule has 25 heavy (non-hydrogen) atoms. The van der Waals surface area contributed by atoms with Crippen LogP contribution in [-0.2, 0) is 0 Å². The summed E-state index contributed by atoms with van der Waals surface area (Å²) in [5.74, 6) is -0.707. The first-order chi connectivity index (χ1) is 12.0. The molecule has 1 aliphatic rings. The van der Waals surface area contributed by atoms with Gasteiger partial charge in [-0.1, -0.05) is 42.0 Å². The van der Waals surface area contributed by atoms with Gasteiger partial charge in [0.15, 0.2) is 5.78 Å². The quantitative estimate of drug-likeness (QED) is 0.804. The van der Waals surface area contributed by atoms with Gasteiger partial charge in [-0.3, -0.25) is 14.5 Å². The number of piperazine rings is 1. The second kappa shape index (κ2) is 7.57. The number of carbonyl (C=O) groups excluding carboxylic acids is 2. The van der Waals surface area contributed by atoms with Crippen molar-refractivity contribution in [1.29, 1.82) is 0 Å². The van der Waals surface area contributed by atoms with Crippen LogP contribution in [0.4, 0.5) is 4.39 Å². The molecule has 0 aliphatic carbocycles. The molecular weight excluding hydrogens is 319 g/mol. The first-order valence-electron chi connectivity index (χ1n) is 8.40. The minimum atomic E-state index is -0.496. The van der Waals surface area contributed by atoms with Crippen LogP contribution in [-0.4, -0.2) is 54.2 Å². The van der Waals surface area contributed by atoms with Gasteiger partial charge in [-0.05, 0) is 19.1 Å². The van der Waals surface area contributed by atoms with Crippen molar-refractivity contribution in [3.63, 3.8) is 0 Å². The first kappa shape index (κ1) is 17.3. The predicted octanol–water partition coefficient (Wildman–Crippen LogP) is 2.77. The molecule has 0 bridgehead atoms. The molecule has 1 aliphatic heterocycles. The summed E-state index contributed by atoms with van der Waals surface area (Å²) in [4.78, 5) is 28.4. The Kier molecular flexibility index (Phi) is 5.24. The van der Waals surface area contributed by atoms with Gasteiger partial charge in [0.1, 0.15) is 5.82 Å². The van der Waals surface area contributed by atoms with E-state index in [2.05, 4.69) is 0 Å². The van der Waals surface area contributed by atoms with Crippen molar-refractivity contribution >= 4 is 11.7 Å². The normalized spacial score (nSPS) is 15.2. The smallest absolute Gasteiger partial charge is 0.256 e. The zero-order valence-corrected chi connectivity index (χ0v) is 14.2. The van der Waals surface area contributed by atoms with Crippen molar-refractivity contribution in [3.05, 3.63) is 71.0 Å². The fourth-order valence-corrected chi connectivity index (χ4v) is 2.95. The van der Waals surface area contributed by atoms with E-state index in [4.69, 9.17) is 0 Å². The van der Waals surface area contributed by atoms with Crippen LogP contribution >= 0.6 is 0 Å². The molecule has 0 saturated carbocycles. The Morgan fingerprint density at radius 1 is 0.960 bits per heavy atom. The van der Waals surface area contributed by atoms with E-state index in [1.54, 1.807) is 17.0 Å². The summed E-state index contributed by atoms with van der Waals surface area (Å²) in [6, 6.07) is 13.6. The van der Waals surface area contributed by atoms with Crippen LogP contribution in [0.2, 0.25) is 0 Å². The van der Waals surface area contributed by atoms with Gasteiger partial charge in [-0.2, -0.15) is 0 Å². The molecule has 0 unspecified atom stereocenters. The lowest BCUT2D eigenvalue weighted by Gasteiger charge is -2.34. The topological polar surface area (TPSA) is 40.6 Å². The van der Waals surface area contributed by atoms with Crippen molar-refractivity contribution in [1.82, 2.24) is 9.80 Å². The molecule has 1 amide bonds. The van der Waals surface area contributed by atoms with E-state index in [1.165, 1.54) is 12.1 Å². The molecule has 2 aromatic carbocycles. The molecule has 0 aromatic heterocycles. The lowest BCUT2D eigenvalue weighted by atomic mass is 10.1. The number of rotatable bonds is 4. The summed E-state index contributed by atoms with van der Waals surface area (Å²) in [5.41, 5.74) is 1.93. The van der Waals surface area contributed by atoms with Crippen LogP contribution in [0.1, 0.15) is 26.3 Å². The monoisotopic (exact) mass is 340 g/mol. The Bertz CT molecular complexity index is 766. The van der Waals surface area contributed by atoms with Gasteiger partial charge < -0.3 is 4.90 Å². The average Bonchev–Trinajstić information content (AvgIpc) is 2.63. The standard InChI is InChI=1S/C20H21FN2O2/c1-15-6-8-16(9-7-15)19(24)14-22-10-12-23(13-11-22)20(25)17-4-2-3-5-18(17)21/h2-9H,10-14H2,1H3. The van der Waals surface area contributed by atoms with E-state index < -0.39 is 5.82 Å². The van der Waals surface area contributed by atoms with E-state index in [1.807, 2.05) is 36.1 Å². The highest BCUT2D eigenvalue weighted by Gasteiger charge is 2.24. The molecular formula is C20H21FN2O2. The number of carbonyl (C=O) groups is 2. The van der Waals surface area contributed by atoms with Crippen molar-refractivity contribution in [2.24, 2.45) is 0 Å². The highest BCUT2D eigenvalue weighted by molar-refractivity contribution is 5.97. The lowest BCUT2D eigenvalue weighted by molar-refractivity contribution is 0.0620. The zero-order valence-electron chi connectivity index (χ0n) is 14.2. The van der Waals surface area contributed by atoms with Gasteiger partial charge >= 0.3 is 0 Å². The summed E-state index contributed by atoms with van der Waals surface area (Å²) < 4.78 is 13.8. The fourth-order valence-electron chi connectivity index (χ4n) is 2.95. The van der Waals surface area contributed by atoms with Crippen molar-refractivity contribution < 1.29 is 14.0 Å². The second-order valence-corrected chi connectivity index (χ2v) is 6.34. The van der Waals surface area contributed by atoms with Crippen LogP contribution in [0.25, 0.3) is 0 Å². The summed E-state index contributed by atoms with van der Waals surface area (Å²) in [5, 5.41) is 0. The van der Waals surface area contributed by atoms with Crippen LogP contribution in [0.15, 0.2) is 48.5 Å². The zero-order chi connectivity index (χ0) is 17.8. The van der Waals surface area contributed by atoms with E-state index in [0.717, 1.165) is 5.56 Å². The Balaban J connectivity index is 1.55. The van der Waals surface area contributed by atoms with Gasteiger partial charge in [-0.25, -0.2) is 4.39 Å². The van der Waals surface area contributed by atoms with Crippen molar-refractivity contribution in [3.8, 4) is 0 Å². The third-order valence-corrected chi connectivity index (χ3v) is 4.50. The Morgan fingerprint density at radius 2 is 1.60 bits per heavy atom. The summed E-state index contributed by atoms with van der Waals surface area (Å²) >= 11 is 0. The molecule has 5 heteroatoms. The van der Waals surface area contributed by atoms with E-state index >= 15 is 0 Å².